The first-order valence-electron chi connectivity index (χ1n) is 6.67. The molecule has 0 saturated carbocycles. The van der Waals surface area contributed by atoms with Gasteiger partial charge in [-0.05, 0) is 26.3 Å². The normalized spacial score (nSPS) is 10.4. The standard InChI is InChI=1S/C13H25NO4/c1-4-7-9-18-13(16)11-14(8-5-2)10-12(15)17-6-3/h4-11H2,1-3H3. The number of carbonyl (C=O) groups is 2. The van der Waals surface area contributed by atoms with Crippen LogP contribution in [-0.2, 0) is 19.1 Å². The quantitative estimate of drug-likeness (QED) is 0.440. The molecule has 0 aromatic heterocycles. The summed E-state index contributed by atoms with van der Waals surface area (Å²) in [6, 6.07) is 0. The third-order valence-corrected chi connectivity index (χ3v) is 2.31. The van der Waals surface area contributed by atoms with E-state index >= 15 is 0 Å². The van der Waals surface area contributed by atoms with Gasteiger partial charge in [0.15, 0.2) is 0 Å². The van der Waals surface area contributed by atoms with Crippen molar-refractivity contribution in [2.24, 2.45) is 0 Å². The summed E-state index contributed by atoms with van der Waals surface area (Å²) in [7, 11) is 0. The molecule has 0 amide bonds. The maximum absolute atomic E-state index is 11.5. The molecular formula is C13H25NO4. The summed E-state index contributed by atoms with van der Waals surface area (Å²) in [6.45, 7) is 7.59. The molecule has 0 aromatic carbocycles. The van der Waals surface area contributed by atoms with E-state index < -0.39 is 0 Å². The maximum atomic E-state index is 11.5. The zero-order chi connectivity index (χ0) is 13.8. The number of carbonyl (C=O) groups excluding carboxylic acids is 2. The van der Waals surface area contributed by atoms with Crippen LogP contribution in [0.5, 0.6) is 0 Å². The third-order valence-electron chi connectivity index (χ3n) is 2.31. The molecule has 0 radical (unpaired) electrons. The monoisotopic (exact) mass is 259 g/mol. The number of hydrogen-bond acceptors (Lipinski definition) is 5. The summed E-state index contributed by atoms with van der Waals surface area (Å²) < 4.78 is 9.93. The molecule has 0 aliphatic rings. The average Bonchev–Trinajstić information content (AvgIpc) is 2.29. The van der Waals surface area contributed by atoms with Gasteiger partial charge >= 0.3 is 11.9 Å². The third kappa shape index (κ3) is 8.98. The molecule has 0 fully saturated rings. The Labute approximate surface area is 109 Å². The van der Waals surface area contributed by atoms with E-state index in [1.807, 2.05) is 13.8 Å². The lowest BCUT2D eigenvalue weighted by molar-refractivity contribution is -0.148. The number of hydrogen-bond donors (Lipinski definition) is 0. The van der Waals surface area contributed by atoms with Gasteiger partial charge in [0.2, 0.25) is 0 Å². The van der Waals surface area contributed by atoms with Gasteiger partial charge in [-0.2, -0.15) is 0 Å². The summed E-state index contributed by atoms with van der Waals surface area (Å²) >= 11 is 0. The van der Waals surface area contributed by atoms with Crippen LogP contribution < -0.4 is 0 Å². The number of rotatable bonds is 10. The van der Waals surface area contributed by atoms with Crippen LogP contribution in [0.2, 0.25) is 0 Å². The van der Waals surface area contributed by atoms with Crippen LogP contribution in [0, 0.1) is 0 Å². The van der Waals surface area contributed by atoms with Crippen molar-refractivity contribution in [2.75, 3.05) is 32.8 Å². The highest BCUT2D eigenvalue weighted by atomic mass is 16.5. The number of esters is 2. The molecule has 0 aromatic rings. The zero-order valence-corrected chi connectivity index (χ0v) is 11.7. The van der Waals surface area contributed by atoms with E-state index in [1.54, 1.807) is 11.8 Å². The first-order chi connectivity index (χ1) is 8.63. The molecule has 0 aliphatic carbocycles. The Morgan fingerprint density at radius 1 is 0.944 bits per heavy atom. The average molecular weight is 259 g/mol. The number of nitrogens with zero attached hydrogens (tertiary/aromatic N) is 1. The molecule has 0 spiro atoms. The van der Waals surface area contributed by atoms with Crippen molar-refractivity contribution in [3.05, 3.63) is 0 Å². The molecule has 0 bridgehead atoms. The predicted molar refractivity (Wildman–Crippen MR) is 69.2 cm³/mol. The Kier molecular flexibility index (Phi) is 10.3. The van der Waals surface area contributed by atoms with Gasteiger partial charge in [0.05, 0.1) is 26.3 Å². The largest absolute Gasteiger partial charge is 0.465 e. The molecule has 18 heavy (non-hydrogen) atoms. The van der Waals surface area contributed by atoms with E-state index in [2.05, 4.69) is 0 Å². The summed E-state index contributed by atoms with van der Waals surface area (Å²) in [5.74, 6) is -0.575. The molecule has 0 saturated heterocycles. The lowest BCUT2D eigenvalue weighted by Gasteiger charge is -2.19. The Bertz CT molecular complexity index is 243. The van der Waals surface area contributed by atoms with Gasteiger partial charge in [-0.1, -0.05) is 20.3 Å². The number of unbranched alkanes of at least 4 members (excludes halogenated alkanes) is 1. The second-order valence-electron chi connectivity index (χ2n) is 4.09. The van der Waals surface area contributed by atoms with Crippen LogP contribution in [0.15, 0.2) is 0 Å². The van der Waals surface area contributed by atoms with Gasteiger partial charge in [-0.3, -0.25) is 14.5 Å². The Hall–Kier alpha value is -1.10. The summed E-state index contributed by atoms with van der Waals surface area (Å²) in [5, 5.41) is 0. The van der Waals surface area contributed by atoms with Gasteiger partial charge < -0.3 is 9.47 Å². The van der Waals surface area contributed by atoms with Crippen molar-refractivity contribution in [1.82, 2.24) is 4.90 Å². The molecule has 0 aliphatic heterocycles. The molecule has 5 nitrogen and oxygen atoms in total. The fourth-order valence-electron chi connectivity index (χ4n) is 1.48. The van der Waals surface area contributed by atoms with Gasteiger partial charge in [-0.25, -0.2) is 0 Å². The van der Waals surface area contributed by atoms with Crippen LogP contribution in [0.25, 0.3) is 0 Å². The van der Waals surface area contributed by atoms with E-state index in [9.17, 15) is 9.59 Å². The topological polar surface area (TPSA) is 55.8 Å². The minimum atomic E-state index is -0.299. The summed E-state index contributed by atoms with van der Waals surface area (Å²) in [4.78, 5) is 24.6. The van der Waals surface area contributed by atoms with Crippen molar-refractivity contribution in [3.63, 3.8) is 0 Å². The van der Waals surface area contributed by atoms with E-state index in [-0.39, 0.29) is 25.0 Å². The molecule has 0 heterocycles. The maximum Gasteiger partial charge on any atom is 0.320 e. The smallest absolute Gasteiger partial charge is 0.320 e. The molecule has 0 unspecified atom stereocenters. The SMILES string of the molecule is CCCCOC(=O)CN(CCC)CC(=O)OCC. The Balaban J connectivity index is 4.01. The molecule has 0 rings (SSSR count). The van der Waals surface area contributed by atoms with Crippen LogP contribution in [-0.4, -0.2) is 49.7 Å². The Morgan fingerprint density at radius 2 is 1.56 bits per heavy atom. The van der Waals surface area contributed by atoms with Gasteiger partial charge in [-0.15, -0.1) is 0 Å². The molecule has 5 heteroatoms. The fraction of sp³-hybridized carbons (Fsp3) is 0.846. The van der Waals surface area contributed by atoms with Gasteiger partial charge in [0.1, 0.15) is 0 Å². The van der Waals surface area contributed by atoms with E-state index in [0.717, 1.165) is 19.3 Å². The van der Waals surface area contributed by atoms with E-state index in [0.29, 0.717) is 19.8 Å². The predicted octanol–water partition coefficient (Wildman–Crippen LogP) is 1.60. The van der Waals surface area contributed by atoms with Crippen molar-refractivity contribution >= 4 is 11.9 Å². The Morgan fingerprint density at radius 3 is 2.06 bits per heavy atom. The minimum Gasteiger partial charge on any atom is -0.465 e. The van der Waals surface area contributed by atoms with Crippen molar-refractivity contribution in [2.45, 2.75) is 40.0 Å². The highest BCUT2D eigenvalue weighted by molar-refractivity contribution is 5.75. The van der Waals surface area contributed by atoms with E-state index in [4.69, 9.17) is 9.47 Å². The van der Waals surface area contributed by atoms with E-state index in [1.165, 1.54) is 0 Å². The fourth-order valence-corrected chi connectivity index (χ4v) is 1.48. The van der Waals surface area contributed by atoms with Crippen molar-refractivity contribution in [3.8, 4) is 0 Å². The lowest BCUT2D eigenvalue weighted by atomic mass is 10.3. The second kappa shape index (κ2) is 11.0. The molecule has 106 valence electrons. The first kappa shape index (κ1) is 16.9. The van der Waals surface area contributed by atoms with Crippen LogP contribution in [0.4, 0.5) is 0 Å². The summed E-state index contributed by atoms with van der Waals surface area (Å²) in [6.07, 6.45) is 2.74. The molecule has 0 atom stereocenters. The lowest BCUT2D eigenvalue weighted by Crippen LogP contribution is -2.36. The second-order valence-corrected chi connectivity index (χ2v) is 4.09. The highest BCUT2D eigenvalue weighted by Gasteiger charge is 2.15. The molecular weight excluding hydrogens is 234 g/mol. The van der Waals surface area contributed by atoms with Crippen LogP contribution in [0.3, 0.4) is 0 Å². The summed E-state index contributed by atoms with van der Waals surface area (Å²) in [5.41, 5.74) is 0. The number of ether oxygens (including phenoxy) is 2. The highest BCUT2D eigenvalue weighted by Crippen LogP contribution is 1.96. The van der Waals surface area contributed by atoms with Crippen molar-refractivity contribution < 1.29 is 19.1 Å². The van der Waals surface area contributed by atoms with Gasteiger partial charge in [0, 0.05) is 0 Å². The zero-order valence-electron chi connectivity index (χ0n) is 11.7. The van der Waals surface area contributed by atoms with Crippen molar-refractivity contribution in [1.29, 1.82) is 0 Å². The van der Waals surface area contributed by atoms with Gasteiger partial charge in [0.25, 0.3) is 0 Å². The molecule has 0 N–H and O–H groups in total. The minimum absolute atomic E-state index is 0.143. The van der Waals surface area contributed by atoms with Crippen LogP contribution >= 0.6 is 0 Å². The van der Waals surface area contributed by atoms with Crippen LogP contribution in [0.1, 0.15) is 40.0 Å². The first-order valence-corrected chi connectivity index (χ1v) is 6.67.